The molecule has 3 nitrogen and oxygen atoms in total. The number of amides is 1. The third kappa shape index (κ3) is 2.75. The Balaban J connectivity index is 1.66. The van der Waals surface area contributed by atoms with Gasteiger partial charge in [0.1, 0.15) is 5.82 Å². The summed E-state index contributed by atoms with van der Waals surface area (Å²) in [6.07, 6.45) is 0. The van der Waals surface area contributed by atoms with Crippen molar-refractivity contribution in [3.8, 4) is 0 Å². The number of para-hydroxylation sites is 1. The van der Waals surface area contributed by atoms with E-state index in [1.54, 1.807) is 13.0 Å². The van der Waals surface area contributed by atoms with Gasteiger partial charge in [-0.1, -0.05) is 30.3 Å². The normalized spacial score (nSPS) is 16.2. The van der Waals surface area contributed by atoms with Crippen molar-refractivity contribution in [3.63, 3.8) is 0 Å². The molecule has 2 aromatic rings. The zero-order chi connectivity index (χ0) is 14.8. The van der Waals surface area contributed by atoms with E-state index >= 15 is 0 Å². The van der Waals surface area contributed by atoms with Crippen molar-refractivity contribution >= 4 is 11.6 Å². The Hall–Kier alpha value is -2.36. The first-order chi connectivity index (χ1) is 10.1. The van der Waals surface area contributed by atoms with Gasteiger partial charge in [-0.05, 0) is 35.7 Å². The van der Waals surface area contributed by atoms with E-state index in [9.17, 15) is 9.18 Å². The number of benzene rings is 2. The molecule has 0 aliphatic carbocycles. The highest BCUT2D eigenvalue weighted by atomic mass is 19.1. The molecule has 108 valence electrons. The van der Waals surface area contributed by atoms with Crippen molar-refractivity contribution < 1.29 is 9.18 Å². The minimum atomic E-state index is -0.241. The first kappa shape index (κ1) is 13.6. The summed E-state index contributed by atoms with van der Waals surface area (Å²) < 4.78 is 13.5. The molecule has 0 radical (unpaired) electrons. The molecule has 0 aromatic heterocycles. The largest absolute Gasteiger partial charge is 0.384 e. The fourth-order valence-corrected chi connectivity index (χ4v) is 2.58. The fraction of sp³-hybridized carbons (Fsp3) is 0.235. The quantitative estimate of drug-likeness (QED) is 0.910. The number of carbonyl (C=O) groups excluding carboxylic acids is 1. The van der Waals surface area contributed by atoms with Gasteiger partial charge in [0, 0.05) is 18.8 Å². The molecule has 0 bridgehead atoms. The molecule has 1 aliphatic rings. The van der Waals surface area contributed by atoms with Gasteiger partial charge in [0.2, 0.25) is 5.91 Å². The molecular weight excluding hydrogens is 267 g/mol. The molecule has 0 saturated carbocycles. The topological polar surface area (TPSA) is 41.1 Å². The lowest BCUT2D eigenvalue weighted by Gasteiger charge is -2.11. The molecule has 0 spiro atoms. The highest BCUT2D eigenvalue weighted by Gasteiger charge is 2.27. The minimum Gasteiger partial charge on any atom is -0.384 e. The van der Waals surface area contributed by atoms with Crippen LogP contribution in [0.4, 0.5) is 10.1 Å². The third-order valence-electron chi connectivity index (χ3n) is 3.85. The lowest BCUT2D eigenvalue weighted by Crippen LogP contribution is -2.29. The Morgan fingerprint density at radius 1 is 1.33 bits per heavy atom. The number of halogens is 1. The number of aryl methyl sites for hydroxylation is 1. The highest BCUT2D eigenvalue weighted by Crippen LogP contribution is 2.30. The smallest absolute Gasteiger partial charge is 0.229 e. The van der Waals surface area contributed by atoms with Gasteiger partial charge < -0.3 is 10.6 Å². The number of rotatable bonds is 3. The van der Waals surface area contributed by atoms with Gasteiger partial charge in [0.05, 0.1) is 5.92 Å². The van der Waals surface area contributed by atoms with E-state index in [1.165, 1.54) is 6.07 Å². The average Bonchev–Trinajstić information content (AvgIpc) is 2.92. The maximum Gasteiger partial charge on any atom is 0.229 e. The van der Waals surface area contributed by atoms with Crippen LogP contribution >= 0.6 is 0 Å². The number of carbonyl (C=O) groups is 1. The second-order valence-electron chi connectivity index (χ2n) is 5.32. The Bertz CT molecular complexity index is 684. The Kier molecular flexibility index (Phi) is 3.60. The molecule has 1 aliphatic heterocycles. The first-order valence-corrected chi connectivity index (χ1v) is 7.00. The van der Waals surface area contributed by atoms with Crippen LogP contribution in [0.5, 0.6) is 0 Å². The monoisotopic (exact) mass is 284 g/mol. The summed E-state index contributed by atoms with van der Waals surface area (Å²) in [6, 6.07) is 12.8. The van der Waals surface area contributed by atoms with Crippen molar-refractivity contribution in [1.29, 1.82) is 0 Å². The number of nitrogens with one attached hydrogen (secondary N) is 2. The summed E-state index contributed by atoms with van der Waals surface area (Å²) in [6.45, 7) is 2.67. The standard InChI is InChI=1S/C17H17FN2O/c1-11-6-7-12(8-15(11)18)9-20-17(21)14-10-19-16-5-3-2-4-13(14)16/h2-8,14,19H,9-10H2,1H3,(H,20,21). The molecule has 2 N–H and O–H groups in total. The van der Waals surface area contributed by atoms with E-state index in [-0.39, 0.29) is 17.6 Å². The van der Waals surface area contributed by atoms with Gasteiger partial charge in [-0.3, -0.25) is 4.79 Å². The number of anilines is 1. The number of hydrogen-bond acceptors (Lipinski definition) is 2. The van der Waals surface area contributed by atoms with Gasteiger partial charge in [0.25, 0.3) is 0 Å². The van der Waals surface area contributed by atoms with Crippen LogP contribution < -0.4 is 10.6 Å². The number of fused-ring (bicyclic) bond motifs is 1. The zero-order valence-electron chi connectivity index (χ0n) is 11.8. The molecule has 4 heteroatoms. The molecule has 21 heavy (non-hydrogen) atoms. The van der Waals surface area contributed by atoms with E-state index in [0.717, 1.165) is 16.8 Å². The van der Waals surface area contributed by atoms with Crippen LogP contribution in [0.15, 0.2) is 42.5 Å². The SMILES string of the molecule is Cc1ccc(CNC(=O)C2CNc3ccccc32)cc1F. The van der Waals surface area contributed by atoms with Gasteiger partial charge in [-0.25, -0.2) is 4.39 Å². The van der Waals surface area contributed by atoms with Gasteiger partial charge >= 0.3 is 0 Å². The molecule has 1 unspecified atom stereocenters. The maximum atomic E-state index is 13.5. The summed E-state index contributed by atoms with van der Waals surface area (Å²) in [5, 5.41) is 6.11. The average molecular weight is 284 g/mol. The van der Waals surface area contributed by atoms with Crippen molar-refractivity contribution in [1.82, 2.24) is 5.32 Å². The Morgan fingerprint density at radius 2 is 2.14 bits per heavy atom. The second-order valence-corrected chi connectivity index (χ2v) is 5.32. The molecule has 3 rings (SSSR count). The maximum absolute atomic E-state index is 13.5. The van der Waals surface area contributed by atoms with Crippen LogP contribution in [0.25, 0.3) is 0 Å². The van der Waals surface area contributed by atoms with E-state index in [0.29, 0.717) is 18.7 Å². The fourth-order valence-electron chi connectivity index (χ4n) is 2.58. The van der Waals surface area contributed by atoms with Crippen LogP contribution in [0.1, 0.15) is 22.6 Å². The van der Waals surface area contributed by atoms with Crippen molar-refractivity contribution in [3.05, 3.63) is 65.0 Å². The predicted molar refractivity (Wildman–Crippen MR) is 80.7 cm³/mol. The summed E-state index contributed by atoms with van der Waals surface area (Å²) in [7, 11) is 0. The van der Waals surface area contributed by atoms with Crippen molar-refractivity contribution in [2.24, 2.45) is 0 Å². The highest BCUT2D eigenvalue weighted by molar-refractivity contribution is 5.88. The molecule has 1 heterocycles. The molecule has 1 atom stereocenters. The lowest BCUT2D eigenvalue weighted by atomic mass is 10.0. The summed E-state index contributed by atoms with van der Waals surface area (Å²) >= 11 is 0. The van der Waals surface area contributed by atoms with Crippen LogP contribution in [-0.4, -0.2) is 12.5 Å². The minimum absolute atomic E-state index is 0.0339. The second kappa shape index (κ2) is 5.56. The van der Waals surface area contributed by atoms with E-state index < -0.39 is 0 Å². The first-order valence-electron chi connectivity index (χ1n) is 7.00. The van der Waals surface area contributed by atoms with Crippen molar-refractivity contribution in [2.75, 3.05) is 11.9 Å². The Morgan fingerprint density at radius 3 is 2.95 bits per heavy atom. The molecular formula is C17H17FN2O. The molecule has 2 aromatic carbocycles. The lowest BCUT2D eigenvalue weighted by molar-refractivity contribution is -0.122. The predicted octanol–water partition coefficient (Wildman–Crippen LogP) is 2.96. The van der Waals surface area contributed by atoms with Crippen LogP contribution in [0, 0.1) is 12.7 Å². The summed E-state index contributed by atoms with van der Waals surface area (Å²) in [4.78, 5) is 12.3. The van der Waals surface area contributed by atoms with Crippen LogP contribution in [0.2, 0.25) is 0 Å². The molecule has 0 saturated heterocycles. The number of hydrogen-bond donors (Lipinski definition) is 2. The van der Waals surface area contributed by atoms with E-state index in [4.69, 9.17) is 0 Å². The van der Waals surface area contributed by atoms with E-state index in [2.05, 4.69) is 10.6 Å². The molecule has 0 fully saturated rings. The summed E-state index contributed by atoms with van der Waals surface area (Å²) in [5.41, 5.74) is 3.41. The Labute approximate surface area is 123 Å². The zero-order valence-corrected chi connectivity index (χ0v) is 11.8. The van der Waals surface area contributed by atoms with Gasteiger partial charge in [0.15, 0.2) is 0 Å². The van der Waals surface area contributed by atoms with Crippen molar-refractivity contribution in [2.45, 2.75) is 19.4 Å². The van der Waals surface area contributed by atoms with Gasteiger partial charge in [-0.2, -0.15) is 0 Å². The molecule has 1 amide bonds. The van der Waals surface area contributed by atoms with Crippen LogP contribution in [0.3, 0.4) is 0 Å². The summed E-state index contributed by atoms with van der Waals surface area (Å²) in [5.74, 6) is -0.459. The van der Waals surface area contributed by atoms with Gasteiger partial charge in [-0.15, -0.1) is 0 Å². The van der Waals surface area contributed by atoms with E-state index in [1.807, 2.05) is 30.3 Å². The van der Waals surface area contributed by atoms with Crippen LogP contribution in [-0.2, 0) is 11.3 Å². The third-order valence-corrected chi connectivity index (χ3v) is 3.85.